The van der Waals surface area contributed by atoms with Crippen molar-refractivity contribution in [1.82, 2.24) is 0 Å². The normalized spacial score (nSPS) is 11.5. The Labute approximate surface area is 360 Å². The van der Waals surface area contributed by atoms with Crippen molar-refractivity contribution in [3.63, 3.8) is 0 Å². The fourth-order valence-corrected chi connectivity index (χ4v) is 9.44. The van der Waals surface area contributed by atoms with Crippen LogP contribution in [0.1, 0.15) is 0 Å². The molecule has 0 bridgehead atoms. The first-order valence-electron chi connectivity index (χ1n) is 21.2. The number of fused-ring (bicyclic) bond motifs is 7. The molecular formula is C60H39NO. The molecule has 0 N–H and O–H groups in total. The molecular weight excluding hydrogens is 751 g/mol. The van der Waals surface area contributed by atoms with Crippen LogP contribution in [0.3, 0.4) is 0 Å². The van der Waals surface area contributed by atoms with Crippen LogP contribution in [0.5, 0.6) is 0 Å². The maximum absolute atomic E-state index is 6.26. The molecule has 0 aliphatic heterocycles. The largest absolute Gasteiger partial charge is 0.456 e. The first-order valence-corrected chi connectivity index (χ1v) is 21.2. The highest BCUT2D eigenvalue weighted by molar-refractivity contribution is 6.13. The highest BCUT2D eigenvalue weighted by Crippen LogP contribution is 2.44. The number of benzene rings is 11. The predicted octanol–water partition coefficient (Wildman–Crippen LogP) is 17.2. The molecule has 0 saturated heterocycles. The molecule has 0 aliphatic rings. The lowest BCUT2D eigenvalue weighted by Gasteiger charge is -2.28. The van der Waals surface area contributed by atoms with Crippen LogP contribution in [0.15, 0.2) is 241 Å². The van der Waals surface area contributed by atoms with E-state index in [0.717, 1.165) is 55.7 Å². The fourth-order valence-electron chi connectivity index (χ4n) is 9.44. The van der Waals surface area contributed by atoms with Crippen LogP contribution in [-0.4, -0.2) is 0 Å². The zero-order valence-corrected chi connectivity index (χ0v) is 33.9. The molecule has 0 aliphatic carbocycles. The van der Waals surface area contributed by atoms with Gasteiger partial charge in [0.05, 0.1) is 5.69 Å². The van der Waals surface area contributed by atoms with Gasteiger partial charge < -0.3 is 9.32 Å². The quantitative estimate of drug-likeness (QED) is 0.150. The second-order valence-corrected chi connectivity index (χ2v) is 16.0. The van der Waals surface area contributed by atoms with Crippen LogP contribution in [-0.2, 0) is 0 Å². The minimum absolute atomic E-state index is 0.899. The van der Waals surface area contributed by atoms with Gasteiger partial charge in [-0.15, -0.1) is 0 Å². The minimum atomic E-state index is 0.899. The Kier molecular flexibility index (Phi) is 8.53. The summed E-state index contributed by atoms with van der Waals surface area (Å²) in [7, 11) is 0. The Hall–Kier alpha value is -8.20. The SMILES string of the molecule is c1ccc(N(c2ccc(-c3ccc(-c4cccc5c4ccc4ccccc45)cc3)cc2)c2ccc(-c3cccc4oc5ccccc5c34)cc2)c(-c2ccc3ccccc3c2)c1. The van der Waals surface area contributed by atoms with Gasteiger partial charge in [0.1, 0.15) is 11.2 Å². The van der Waals surface area contributed by atoms with E-state index in [4.69, 9.17) is 4.42 Å². The zero-order valence-electron chi connectivity index (χ0n) is 33.9. The summed E-state index contributed by atoms with van der Waals surface area (Å²) in [5.74, 6) is 0. The summed E-state index contributed by atoms with van der Waals surface area (Å²) in [6.07, 6.45) is 0. The van der Waals surface area contributed by atoms with Crippen molar-refractivity contribution in [3.05, 3.63) is 237 Å². The minimum Gasteiger partial charge on any atom is -0.456 e. The van der Waals surface area contributed by atoms with Crippen molar-refractivity contribution in [2.75, 3.05) is 4.90 Å². The molecule has 0 spiro atoms. The van der Waals surface area contributed by atoms with Crippen LogP contribution < -0.4 is 4.90 Å². The molecule has 0 atom stereocenters. The van der Waals surface area contributed by atoms with Crippen LogP contribution in [0.4, 0.5) is 17.1 Å². The molecule has 2 heteroatoms. The summed E-state index contributed by atoms with van der Waals surface area (Å²) in [5.41, 5.74) is 14.5. The third kappa shape index (κ3) is 6.12. The first-order chi connectivity index (χ1) is 30.7. The number of para-hydroxylation sites is 2. The van der Waals surface area contributed by atoms with E-state index in [9.17, 15) is 0 Å². The van der Waals surface area contributed by atoms with Gasteiger partial charge in [0.2, 0.25) is 0 Å². The van der Waals surface area contributed by atoms with Gasteiger partial charge in [-0.1, -0.05) is 188 Å². The topological polar surface area (TPSA) is 16.4 Å². The number of anilines is 3. The van der Waals surface area contributed by atoms with Crippen molar-refractivity contribution in [3.8, 4) is 44.5 Å². The summed E-state index contributed by atoms with van der Waals surface area (Å²) in [6.45, 7) is 0. The van der Waals surface area contributed by atoms with E-state index in [1.165, 1.54) is 60.1 Å². The Bertz CT molecular complexity index is 3620. The van der Waals surface area contributed by atoms with Gasteiger partial charge in [-0.05, 0) is 120 Å². The Balaban J connectivity index is 0.933. The van der Waals surface area contributed by atoms with E-state index in [0.29, 0.717) is 0 Å². The summed E-state index contributed by atoms with van der Waals surface area (Å²) >= 11 is 0. The molecule has 290 valence electrons. The third-order valence-electron chi connectivity index (χ3n) is 12.5. The van der Waals surface area contributed by atoms with Crippen molar-refractivity contribution in [2.45, 2.75) is 0 Å². The lowest BCUT2D eigenvalue weighted by atomic mass is 9.93. The van der Waals surface area contributed by atoms with E-state index < -0.39 is 0 Å². The Morgan fingerprint density at radius 3 is 1.60 bits per heavy atom. The van der Waals surface area contributed by atoms with Crippen molar-refractivity contribution in [2.24, 2.45) is 0 Å². The summed E-state index contributed by atoms with van der Waals surface area (Å²) in [5, 5.41) is 9.83. The number of rotatable bonds is 7. The van der Waals surface area contributed by atoms with Crippen LogP contribution >= 0.6 is 0 Å². The lowest BCUT2D eigenvalue weighted by molar-refractivity contribution is 0.669. The molecule has 0 fully saturated rings. The van der Waals surface area contributed by atoms with E-state index in [2.05, 4.69) is 229 Å². The van der Waals surface area contributed by atoms with E-state index in [1.54, 1.807) is 0 Å². The third-order valence-corrected chi connectivity index (χ3v) is 12.5. The molecule has 2 nitrogen and oxygen atoms in total. The number of hydrogen-bond donors (Lipinski definition) is 0. The van der Waals surface area contributed by atoms with Crippen LogP contribution in [0.2, 0.25) is 0 Å². The maximum atomic E-state index is 6.26. The monoisotopic (exact) mass is 789 g/mol. The predicted molar refractivity (Wildman–Crippen MR) is 263 cm³/mol. The number of hydrogen-bond acceptors (Lipinski definition) is 2. The average molecular weight is 790 g/mol. The first kappa shape index (κ1) is 35.7. The van der Waals surface area contributed by atoms with Crippen LogP contribution in [0, 0.1) is 0 Å². The number of furan rings is 1. The standard InChI is InChI=1S/C60H39NO/c1-2-13-46-39-47(28-25-40(46)11-1)52-15-5-7-20-57(52)61(49-36-31-45(32-37-49)53-18-10-22-59-60(53)56-16-6-8-21-58(56)62-59)48-34-29-42(30-35-48)41-23-26-44(27-24-41)51-17-9-19-54-50-14-4-3-12-43(50)33-38-55(51)54/h1-39H. The summed E-state index contributed by atoms with van der Waals surface area (Å²) in [4.78, 5) is 2.39. The summed E-state index contributed by atoms with van der Waals surface area (Å²) in [6, 6.07) is 85.5. The smallest absolute Gasteiger partial charge is 0.136 e. The second-order valence-electron chi connectivity index (χ2n) is 16.0. The van der Waals surface area contributed by atoms with E-state index in [-0.39, 0.29) is 0 Å². The molecule has 12 aromatic rings. The van der Waals surface area contributed by atoms with E-state index in [1.807, 2.05) is 12.1 Å². The van der Waals surface area contributed by atoms with Gasteiger partial charge in [0.25, 0.3) is 0 Å². The van der Waals surface area contributed by atoms with Gasteiger partial charge in [-0.3, -0.25) is 0 Å². The molecule has 1 heterocycles. The van der Waals surface area contributed by atoms with Gasteiger partial charge in [0.15, 0.2) is 0 Å². The molecule has 12 rings (SSSR count). The van der Waals surface area contributed by atoms with Gasteiger partial charge >= 0.3 is 0 Å². The molecule has 0 saturated carbocycles. The second kappa shape index (κ2) is 14.8. The lowest BCUT2D eigenvalue weighted by Crippen LogP contribution is -2.11. The molecule has 0 unspecified atom stereocenters. The molecule has 0 radical (unpaired) electrons. The highest BCUT2D eigenvalue weighted by Gasteiger charge is 2.19. The summed E-state index contributed by atoms with van der Waals surface area (Å²) < 4.78 is 6.26. The Morgan fingerprint density at radius 1 is 0.274 bits per heavy atom. The number of nitrogens with zero attached hydrogens (tertiary/aromatic N) is 1. The van der Waals surface area contributed by atoms with Crippen LogP contribution in [0.25, 0.3) is 98.8 Å². The zero-order chi connectivity index (χ0) is 41.0. The molecule has 62 heavy (non-hydrogen) atoms. The van der Waals surface area contributed by atoms with E-state index >= 15 is 0 Å². The molecule has 1 aromatic heterocycles. The Morgan fingerprint density at radius 2 is 0.790 bits per heavy atom. The van der Waals surface area contributed by atoms with Crippen molar-refractivity contribution >= 4 is 71.3 Å². The fraction of sp³-hybridized carbons (Fsp3) is 0. The van der Waals surface area contributed by atoms with Crippen molar-refractivity contribution in [1.29, 1.82) is 0 Å². The average Bonchev–Trinajstić information content (AvgIpc) is 3.74. The van der Waals surface area contributed by atoms with Crippen molar-refractivity contribution < 1.29 is 4.42 Å². The van der Waals surface area contributed by atoms with Gasteiger partial charge in [0, 0.05) is 27.7 Å². The maximum Gasteiger partial charge on any atom is 0.136 e. The van der Waals surface area contributed by atoms with Gasteiger partial charge in [-0.2, -0.15) is 0 Å². The highest BCUT2D eigenvalue weighted by atomic mass is 16.3. The molecule has 11 aromatic carbocycles. The van der Waals surface area contributed by atoms with Gasteiger partial charge in [-0.25, -0.2) is 0 Å². The molecule has 0 amide bonds.